The van der Waals surface area contributed by atoms with Gasteiger partial charge in [-0.15, -0.1) is 0 Å². The number of rotatable bonds is 4. The topological polar surface area (TPSA) is 100 Å². The number of allylic oxidation sites excluding steroid dienone is 1. The lowest BCUT2D eigenvalue weighted by molar-refractivity contribution is -0.127. The molecule has 0 aliphatic carbocycles. The van der Waals surface area contributed by atoms with Gasteiger partial charge in [0.25, 0.3) is 5.91 Å². The summed E-state index contributed by atoms with van der Waals surface area (Å²) >= 11 is 0. The van der Waals surface area contributed by atoms with E-state index in [0.717, 1.165) is 5.56 Å². The van der Waals surface area contributed by atoms with Crippen LogP contribution in [0.15, 0.2) is 46.4 Å². The van der Waals surface area contributed by atoms with Gasteiger partial charge in [-0.25, -0.2) is 4.79 Å². The first-order valence-electron chi connectivity index (χ1n) is 7.81. The van der Waals surface area contributed by atoms with E-state index in [4.69, 9.17) is 4.52 Å². The Kier molecular flexibility index (Phi) is 4.51. The van der Waals surface area contributed by atoms with Crippen LogP contribution in [0.25, 0.3) is 0 Å². The van der Waals surface area contributed by atoms with E-state index >= 15 is 0 Å². The van der Waals surface area contributed by atoms with Crippen LogP contribution in [-0.2, 0) is 11.3 Å². The van der Waals surface area contributed by atoms with Gasteiger partial charge in [-0.1, -0.05) is 11.2 Å². The van der Waals surface area contributed by atoms with Gasteiger partial charge in [-0.3, -0.25) is 9.78 Å². The number of likely N-dealkylation sites (N-methyl/N-ethyl adjacent to an activating group) is 1. The van der Waals surface area contributed by atoms with E-state index in [0.29, 0.717) is 29.3 Å². The first-order valence-corrected chi connectivity index (χ1v) is 7.81. The van der Waals surface area contributed by atoms with Crippen molar-refractivity contribution in [2.24, 2.45) is 0 Å². The summed E-state index contributed by atoms with van der Waals surface area (Å²) in [5.41, 5.74) is 2.39. The summed E-state index contributed by atoms with van der Waals surface area (Å²) < 4.78 is 5.04. The molecule has 3 amide bonds. The van der Waals surface area contributed by atoms with Crippen LogP contribution in [-0.4, -0.2) is 34.0 Å². The molecule has 0 aromatic carbocycles. The Hall–Kier alpha value is -3.16. The van der Waals surface area contributed by atoms with Crippen molar-refractivity contribution in [2.45, 2.75) is 26.4 Å². The van der Waals surface area contributed by atoms with Gasteiger partial charge in [0.05, 0.1) is 18.2 Å². The third kappa shape index (κ3) is 3.52. The Morgan fingerprint density at radius 2 is 2.20 bits per heavy atom. The van der Waals surface area contributed by atoms with Crippen LogP contribution in [0.5, 0.6) is 0 Å². The fraction of sp³-hybridized carbons (Fsp3) is 0.294. The molecule has 0 fully saturated rings. The maximum atomic E-state index is 13.0. The first-order chi connectivity index (χ1) is 12.0. The van der Waals surface area contributed by atoms with E-state index in [9.17, 15) is 9.59 Å². The quantitative estimate of drug-likeness (QED) is 0.881. The standard InChI is InChI=1S/C17H19N5O3/c1-10-7-13(21-25-10)9-22(3)16(23)14-11(2)19-17(24)20-15(14)12-5-4-6-18-8-12/h4-8,15H,9H2,1-3H3,(H2,19,20,24)/t15-/m1/s1. The van der Waals surface area contributed by atoms with E-state index < -0.39 is 6.04 Å². The van der Waals surface area contributed by atoms with Gasteiger partial charge in [0.15, 0.2) is 0 Å². The molecule has 2 aromatic heterocycles. The summed E-state index contributed by atoms with van der Waals surface area (Å²) in [6, 6.07) is 4.46. The van der Waals surface area contributed by atoms with Crippen LogP contribution in [0.3, 0.4) is 0 Å². The lowest BCUT2D eigenvalue weighted by Crippen LogP contribution is -2.47. The van der Waals surface area contributed by atoms with Crippen molar-refractivity contribution in [2.75, 3.05) is 7.05 Å². The minimum Gasteiger partial charge on any atom is -0.361 e. The predicted octanol–water partition coefficient (Wildman–Crippen LogP) is 1.66. The van der Waals surface area contributed by atoms with Crippen LogP contribution in [0.4, 0.5) is 4.79 Å². The maximum absolute atomic E-state index is 13.0. The van der Waals surface area contributed by atoms with Crippen LogP contribution in [0.2, 0.25) is 0 Å². The smallest absolute Gasteiger partial charge is 0.319 e. The number of hydrogen-bond acceptors (Lipinski definition) is 5. The average Bonchev–Trinajstić information content (AvgIpc) is 2.99. The highest BCUT2D eigenvalue weighted by Gasteiger charge is 2.33. The molecule has 8 heteroatoms. The molecule has 130 valence electrons. The molecule has 0 spiro atoms. The molecule has 3 heterocycles. The lowest BCUT2D eigenvalue weighted by atomic mass is 9.95. The fourth-order valence-electron chi connectivity index (χ4n) is 2.79. The van der Waals surface area contributed by atoms with Gasteiger partial charge in [0, 0.05) is 31.2 Å². The van der Waals surface area contributed by atoms with Gasteiger partial charge in [-0.05, 0) is 25.5 Å². The number of hydrogen-bond donors (Lipinski definition) is 2. The number of aryl methyl sites for hydroxylation is 1. The third-order valence-corrected chi connectivity index (χ3v) is 3.94. The number of amides is 3. The molecule has 1 aliphatic heterocycles. The van der Waals surface area contributed by atoms with Crippen LogP contribution in [0.1, 0.15) is 30.0 Å². The van der Waals surface area contributed by atoms with Gasteiger partial charge >= 0.3 is 6.03 Å². The third-order valence-electron chi connectivity index (χ3n) is 3.94. The van der Waals surface area contributed by atoms with Crippen molar-refractivity contribution in [3.8, 4) is 0 Å². The molecule has 2 N–H and O–H groups in total. The Morgan fingerprint density at radius 1 is 1.40 bits per heavy atom. The van der Waals surface area contributed by atoms with Gasteiger partial charge < -0.3 is 20.1 Å². The van der Waals surface area contributed by atoms with Crippen molar-refractivity contribution >= 4 is 11.9 Å². The molecule has 0 saturated carbocycles. The second kappa shape index (κ2) is 6.76. The Labute approximate surface area is 144 Å². The molecule has 0 bridgehead atoms. The molecule has 3 rings (SSSR count). The second-order valence-corrected chi connectivity index (χ2v) is 5.95. The molecular weight excluding hydrogens is 322 g/mol. The zero-order chi connectivity index (χ0) is 18.0. The monoisotopic (exact) mass is 341 g/mol. The predicted molar refractivity (Wildman–Crippen MR) is 89.1 cm³/mol. The van der Waals surface area contributed by atoms with Gasteiger partial charge in [0.1, 0.15) is 11.5 Å². The minimum atomic E-state index is -0.559. The van der Waals surface area contributed by atoms with E-state index in [1.807, 2.05) is 6.07 Å². The normalized spacial score (nSPS) is 17.1. The molecule has 25 heavy (non-hydrogen) atoms. The number of nitrogens with one attached hydrogen (secondary N) is 2. The molecular formula is C17H19N5O3. The van der Waals surface area contributed by atoms with Crippen molar-refractivity contribution in [1.29, 1.82) is 0 Å². The minimum absolute atomic E-state index is 0.209. The number of urea groups is 1. The molecule has 0 radical (unpaired) electrons. The van der Waals surface area contributed by atoms with E-state index in [1.165, 1.54) is 0 Å². The number of pyridine rings is 1. The van der Waals surface area contributed by atoms with Crippen LogP contribution in [0, 0.1) is 6.92 Å². The second-order valence-electron chi connectivity index (χ2n) is 5.95. The summed E-state index contributed by atoms with van der Waals surface area (Å²) in [6.45, 7) is 3.81. The van der Waals surface area contributed by atoms with Gasteiger partial charge in [-0.2, -0.15) is 0 Å². The highest BCUT2D eigenvalue weighted by atomic mass is 16.5. The summed E-state index contributed by atoms with van der Waals surface area (Å²) in [5, 5.41) is 9.36. The molecule has 1 aliphatic rings. The average molecular weight is 341 g/mol. The molecule has 8 nitrogen and oxygen atoms in total. The molecule has 1 atom stereocenters. The maximum Gasteiger partial charge on any atom is 0.319 e. The van der Waals surface area contributed by atoms with Crippen LogP contribution < -0.4 is 10.6 Å². The number of nitrogens with zero attached hydrogens (tertiary/aromatic N) is 3. The highest BCUT2D eigenvalue weighted by molar-refractivity contribution is 5.98. The summed E-state index contributed by atoms with van der Waals surface area (Å²) in [6.07, 6.45) is 3.28. The Bertz CT molecular complexity index is 828. The van der Waals surface area contributed by atoms with Crippen molar-refractivity contribution < 1.29 is 14.1 Å². The number of aromatic nitrogens is 2. The largest absolute Gasteiger partial charge is 0.361 e. The van der Waals surface area contributed by atoms with E-state index in [-0.39, 0.29) is 11.9 Å². The number of carbonyl (C=O) groups excluding carboxylic acids is 2. The summed E-state index contributed by atoms with van der Waals surface area (Å²) in [7, 11) is 1.68. The zero-order valence-corrected chi connectivity index (χ0v) is 14.2. The summed E-state index contributed by atoms with van der Waals surface area (Å²) in [5.74, 6) is 0.477. The molecule has 0 unspecified atom stereocenters. The zero-order valence-electron chi connectivity index (χ0n) is 14.2. The first kappa shape index (κ1) is 16.7. The van der Waals surface area contributed by atoms with E-state index in [1.54, 1.807) is 50.3 Å². The molecule has 0 saturated heterocycles. The highest BCUT2D eigenvalue weighted by Crippen LogP contribution is 2.27. The van der Waals surface area contributed by atoms with Gasteiger partial charge in [0.2, 0.25) is 0 Å². The SMILES string of the molecule is CC1=C(C(=O)N(C)Cc2cc(C)on2)[C@@H](c2cccnc2)NC(=O)N1. The van der Waals surface area contributed by atoms with Crippen molar-refractivity contribution in [3.05, 3.63) is 58.9 Å². The van der Waals surface area contributed by atoms with E-state index in [2.05, 4.69) is 20.8 Å². The lowest BCUT2D eigenvalue weighted by Gasteiger charge is -2.30. The number of carbonyl (C=O) groups is 2. The Balaban J connectivity index is 1.89. The van der Waals surface area contributed by atoms with Crippen molar-refractivity contribution in [1.82, 2.24) is 25.7 Å². The van der Waals surface area contributed by atoms with Crippen molar-refractivity contribution in [3.63, 3.8) is 0 Å². The fourth-order valence-corrected chi connectivity index (χ4v) is 2.79. The molecule has 2 aromatic rings. The van der Waals surface area contributed by atoms with Crippen LogP contribution >= 0.6 is 0 Å². The Morgan fingerprint density at radius 3 is 2.84 bits per heavy atom. The summed E-state index contributed by atoms with van der Waals surface area (Å²) in [4.78, 5) is 30.5.